The summed E-state index contributed by atoms with van der Waals surface area (Å²) in [5, 5.41) is 4.78. The zero-order valence-corrected chi connectivity index (χ0v) is 17.7. The molecule has 4 rings (SSSR count). The fourth-order valence-corrected chi connectivity index (χ4v) is 4.84. The highest BCUT2D eigenvalue weighted by Gasteiger charge is 2.33. The molecule has 0 spiro atoms. The lowest BCUT2D eigenvalue weighted by Gasteiger charge is -2.14. The highest BCUT2D eigenvalue weighted by Crippen LogP contribution is 2.33. The number of thiophene rings is 1. The molecule has 3 aromatic rings. The SMILES string of the molecule is O=C(CN1C(=O)/C(=C\c2cccs2)SC1=S)Nc1ccc(-c2ccccc2)cc1. The van der Waals surface area contributed by atoms with Gasteiger partial charge in [0.1, 0.15) is 10.9 Å². The van der Waals surface area contributed by atoms with Crippen LogP contribution < -0.4 is 5.32 Å². The van der Waals surface area contributed by atoms with Gasteiger partial charge in [-0.25, -0.2) is 0 Å². The largest absolute Gasteiger partial charge is 0.325 e. The Morgan fingerprint density at radius 3 is 2.41 bits per heavy atom. The molecular weight excluding hydrogens is 420 g/mol. The minimum absolute atomic E-state index is 0.104. The molecule has 1 aliphatic rings. The average molecular weight is 437 g/mol. The van der Waals surface area contributed by atoms with Crippen LogP contribution in [0.4, 0.5) is 5.69 Å². The molecule has 1 fully saturated rings. The molecule has 0 saturated carbocycles. The number of hydrogen-bond acceptors (Lipinski definition) is 5. The molecule has 1 N–H and O–H groups in total. The zero-order valence-electron chi connectivity index (χ0n) is 15.2. The third-order valence-electron chi connectivity index (χ3n) is 4.27. The van der Waals surface area contributed by atoms with Crippen molar-refractivity contribution in [2.45, 2.75) is 0 Å². The van der Waals surface area contributed by atoms with E-state index in [-0.39, 0.29) is 18.4 Å². The van der Waals surface area contributed by atoms with Crippen molar-refractivity contribution >= 4 is 63.2 Å². The van der Waals surface area contributed by atoms with Gasteiger partial charge in [0.2, 0.25) is 5.91 Å². The maximum absolute atomic E-state index is 12.6. The molecule has 0 unspecified atom stereocenters. The summed E-state index contributed by atoms with van der Waals surface area (Å²) in [6.07, 6.45) is 1.81. The number of anilines is 1. The highest BCUT2D eigenvalue weighted by atomic mass is 32.2. The Kier molecular flexibility index (Phi) is 5.89. The van der Waals surface area contributed by atoms with Crippen LogP contribution in [0.3, 0.4) is 0 Å². The second-order valence-corrected chi connectivity index (χ2v) is 8.93. The van der Waals surface area contributed by atoms with Crippen molar-refractivity contribution in [1.29, 1.82) is 0 Å². The number of thioether (sulfide) groups is 1. The summed E-state index contributed by atoms with van der Waals surface area (Å²) in [5.74, 6) is -0.519. The Morgan fingerprint density at radius 2 is 1.72 bits per heavy atom. The first kappa shape index (κ1) is 19.6. The van der Waals surface area contributed by atoms with E-state index in [9.17, 15) is 9.59 Å². The molecule has 0 radical (unpaired) electrons. The number of nitrogens with one attached hydrogen (secondary N) is 1. The van der Waals surface area contributed by atoms with Crippen LogP contribution in [0.15, 0.2) is 77.0 Å². The first-order valence-corrected chi connectivity index (χ1v) is 10.9. The molecule has 144 valence electrons. The summed E-state index contributed by atoms with van der Waals surface area (Å²) in [5.41, 5.74) is 2.86. The topological polar surface area (TPSA) is 49.4 Å². The van der Waals surface area contributed by atoms with Crippen LogP contribution in [0.2, 0.25) is 0 Å². The fraction of sp³-hybridized carbons (Fsp3) is 0.0455. The number of rotatable bonds is 5. The summed E-state index contributed by atoms with van der Waals surface area (Å²) < 4.78 is 0.396. The summed E-state index contributed by atoms with van der Waals surface area (Å²) in [6.45, 7) is -0.104. The number of hydrogen-bond donors (Lipinski definition) is 1. The maximum atomic E-state index is 12.6. The van der Waals surface area contributed by atoms with Gasteiger partial charge in [0, 0.05) is 10.6 Å². The van der Waals surface area contributed by atoms with E-state index in [1.165, 1.54) is 16.7 Å². The van der Waals surface area contributed by atoms with Crippen molar-refractivity contribution in [2.24, 2.45) is 0 Å². The third-order valence-corrected chi connectivity index (χ3v) is 6.46. The summed E-state index contributed by atoms with van der Waals surface area (Å²) >= 11 is 8.07. The molecule has 1 aliphatic heterocycles. The number of carbonyl (C=O) groups is 2. The van der Waals surface area contributed by atoms with Crippen LogP contribution in [-0.2, 0) is 9.59 Å². The molecular formula is C22H16N2O2S3. The molecule has 0 atom stereocenters. The molecule has 2 aromatic carbocycles. The van der Waals surface area contributed by atoms with E-state index < -0.39 is 0 Å². The van der Waals surface area contributed by atoms with Gasteiger partial charge in [-0.1, -0.05) is 72.5 Å². The second-order valence-electron chi connectivity index (χ2n) is 6.27. The van der Waals surface area contributed by atoms with Crippen LogP contribution in [-0.4, -0.2) is 27.6 Å². The zero-order chi connectivity index (χ0) is 20.2. The molecule has 4 nitrogen and oxygen atoms in total. The number of amides is 2. The van der Waals surface area contributed by atoms with Gasteiger partial charge < -0.3 is 5.32 Å². The van der Waals surface area contributed by atoms with E-state index in [2.05, 4.69) is 5.32 Å². The Hall–Kier alpha value is -2.74. The van der Waals surface area contributed by atoms with Gasteiger partial charge in [-0.2, -0.15) is 0 Å². The van der Waals surface area contributed by atoms with Gasteiger partial charge in [-0.15, -0.1) is 11.3 Å². The lowest BCUT2D eigenvalue weighted by molar-refractivity contribution is -0.126. The van der Waals surface area contributed by atoms with Crippen LogP contribution in [0.5, 0.6) is 0 Å². The highest BCUT2D eigenvalue weighted by molar-refractivity contribution is 8.26. The third kappa shape index (κ3) is 4.64. The van der Waals surface area contributed by atoms with Crippen molar-refractivity contribution in [3.63, 3.8) is 0 Å². The van der Waals surface area contributed by atoms with Crippen molar-refractivity contribution in [3.05, 3.63) is 81.9 Å². The summed E-state index contributed by atoms with van der Waals surface area (Å²) in [6, 6.07) is 21.5. The van der Waals surface area contributed by atoms with E-state index in [0.29, 0.717) is 14.9 Å². The predicted octanol–water partition coefficient (Wildman–Crippen LogP) is 5.26. The van der Waals surface area contributed by atoms with Crippen LogP contribution in [0, 0.1) is 0 Å². The van der Waals surface area contributed by atoms with E-state index in [1.807, 2.05) is 78.2 Å². The number of thiocarbonyl (C=S) groups is 1. The normalized spacial score (nSPS) is 15.2. The Labute approximate surface area is 182 Å². The first-order chi connectivity index (χ1) is 14.1. The van der Waals surface area contributed by atoms with E-state index in [4.69, 9.17) is 12.2 Å². The van der Waals surface area contributed by atoms with Gasteiger partial charge >= 0.3 is 0 Å². The van der Waals surface area contributed by atoms with Crippen molar-refractivity contribution in [1.82, 2.24) is 4.90 Å². The van der Waals surface area contributed by atoms with E-state index >= 15 is 0 Å². The molecule has 1 saturated heterocycles. The predicted molar refractivity (Wildman–Crippen MR) is 125 cm³/mol. The maximum Gasteiger partial charge on any atom is 0.266 e. The summed E-state index contributed by atoms with van der Waals surface area (Å²) in [4.78, 5) is 27.9. The lowest BCUT2D eigenvalue weighted by Crippen LogP contribution is -2.36. The van der Waals surface area contributed by atoms with Gasteiger partial charge in [0.15, 0.2) is 0 Å². The summed E-state index contributed by atoms with van der Waals surface area (Å²) in [7, 11) is 0. The number of benzene rings is 2. The number of carbonyl (C=O) groups excluding carboxylic acids is 2. The second kappa shape index (κ2) is 8.73. The van der Waals surface area contributed by atoms with Crippen molar-refractivity contribution in [3.8, 4) is 11.1 Å². The quantitative estimate of drug-likeness (QED) is 0.438. The van der Waals surface area contributed by atoms with E-state index in [1.54, 1.807) is 11.3 Å². The van der Waals surface area contributed by atoms with Crippen molar-refractivity contribution in [2.75, 3.05) is 11.9 Å². The van der Waals surface area contributed by atoms with Gasteiger partial charge in [0.05, 0.1) is 4.91 Å². The Bertz CT molecular complexity index is 1080. The molecule has 2 heterocycles. The monoisotopic (exact) mass is 436 g/mol. The molecule has 0 aliphatic carbocycles. The Balaban J connectivity index is 1.39. The Morgan fingerprint density at radius 1 is 1.00 bits per heavy atom. The van der Waals surface area contributed by atoms with Gasteiger partial charge in [-0.3, -0.25) is 14.5 Å². The van der Waals surface area contributed by atoms with Gasteiger partial charge in [0.25, 0.3) is 5.91 Å². The van der Waals surface area contributed by atoms with E-state index in [0.717, 1.165) is 16.0 Å². The molecule has 7 heteroatoms. The standard InChI is InChI=1S/C22H16N2O2S3/c25-20(23-17-10-8-16(9-11-17)15-5-2-1-3-6-15)14-24-21(26)19(29-22(24)27)13-18-7-4-12-28-18/h1-13H,14H2,(H,23,25)/b19-13+. The molecule has 1 aromatic heterocycles. The van der Waals surface area contributed by atoms with Crippen molar-refractivity contribution < 1.29 is 9.59 Å². The molecule has 0 bridgehead atoms. The average Bonchev–Trinajstić information content (AvgIpc) is 3.33. The lowest BCUT2D eigenvalue weighted by atomic mass is 10.1. The fourth-order valence-electron chi connectivity index (χ4n) is 2.86. The smallest absolute Gasteiger partial charge is 0.266 e. The van der Waals surface area contributed by atoms with Crippen LogP contribution in [0.1, 0.15) is 4.88 Å². The minimum atomic E-state index is -0.286. The number of nitrogens with zero attached hydrogens (tertiary/aromatic N) is 1. The minimum Gasteiger partial charge on any atom is -0.325 e. The van der Waals surface area contributed by atoms with Crippen LogP contribution >= 0.6 is 35.3 Å². The molecule has 29 heavy (non-hydrogen) atoms. The first-order valence-electron chi connectivity index (χ1n) is 8.84. The molecule has 2 amide bonds. The van der Waals surface area contributed by atoms with Gasteiger partial charge in [-0.05, 0) is 40.8 Å². The van der Waals surface area contributed by atoms with Crippen LogP contribution in [0.25, 0.3) is 17.2 Å².